The third-order valence-corrected chi connectivity index (χ3v) is 3.86. The van der Waals surface area contributed by atoms with Gasteiger partial charge in [-0.05, 0) is 44.0 Å². The normalized spacial score (nSPS) is 11.2. The van der Waals surface area contributed by atoms with E-state index in [0.29, 0.717) is 18.5 Å². The lowest BCUT2D eigenvalue weighted by molar-refractivity contribution is 0.0953. The summed E-state index contributed by atoms with van der Waals surface area (Å²) in [5.74, 6) is -0.0873. The largest absolute Gasteiger partial charge is 0.385 e. The highest BCUT2D eigenvalue weighted by molar-refractivity contribution is 7.90. The highest BCUT2D eigenvalue weighted by Gasteiger charge is 2.08. The Hall–Kier alpha value is -1.56. The van der Waals surface area contributed by atoms with Crippen LogP contribution in [0.25, 0.3) is 0 Å². The van der Waals surface area contributed by atoms with E-state index < -0.39 is 9.84 Å². The van der Waals surface area contributed by atoms with E-state index >= 15 is 0 Å². The van der Waals surface area contributed by atoms with E-state index in [1.807, 2.05) is 26.0 Å². The van der Waals surface area contributed by atoms with Gasteiger partial charge in [0, 0.05) is 30.6 Å². The predicted octanol–water partition coefficient (Wildman–Crippen LogP) is 1.59. The van der Waals surface area contributed by atoms with E-state index in [1.54, 1.807) is 6.07 Å². The van der Waals surface area contributed by atoms with Gasteiger partial charge in [-0.2, -0.15) is 0 Å². The highest BCUT2D eigenvalue weighted by Crippen LogP contribution is 2.16. The summed E-state index contributed by atoms with van der Waals surface area (Å²) in [5.41, 5.74) is 2.61. The van der Waals surface area contributed by atoms with Crippen LogP contribution >= 0.6 is 0 Å². The van der Waals surface area contributed by atoms with Gasteiger partial charge in [-0.15, -0.1) is 0 Å². The number of benzene rings is 1. The van der Waals surface area contributed by atoms with E-state index in [-0.39, 0.29) is 11.7 Å². The first-order valence-electron chi connectivity index (χ1n) is 6.64. The molecule has 2 N–H and O–H groups in total. The quantitative estimate of drug-likeness (QED) is 0.750. The summed E-state index contributed by atoms with van der Waals surface area (Å²) in [7, 11) is -2.96. The number of hydrogen-bond acceptors (Lipinski definition) is 4. The van der Waals surface area contributed by atoms with Gasteiger partial charge >= 0.3 is 0 Å². The Morgan fingerprint density at radius 3 is 2.55 bits per heavy atom. The maximum absolute atomic E-state index is 11.9. The summed E-state index contributed by atoms with van der Waals surface area (Å²) in [5, 5.41) is 5.94. The lowest BCUT2D eigenvalue weighted by atomic mass is 10.1. The molecule has 0 saturated heterocycles. The third kappa shape index (κ3) is 5.61. The van der Waals surface area contributed by atoms with Crippen LogP contribution in [0, 0.1) is 6.92 Å². The molecule has 1 amide bonds. The van der Waals surface area contributed by atoms with Crippen molar-refractivity contribution in [3.63, 3.8) is 0 Å². The molecule has 1 rings (SSSR count). The van der Waals surface area contributed by atoms with Gasteiger partial charge in [-0.25, -0.2) is 8.42 Å². The molecule has 0 saturated carbocycles. The molecule has 1 aromatic carbocycles. The molecule has 20 heavy (non-hydrogen) atoms. The second-order valence-corrected chi connectivity index (χ2v) is 7.06. The molecule has 5 nitrogen and oxygen atoms in total. The Morgan fingerprint density at radius 2 is 2.00 bits per heavy atom. The first kappa shape index (κ1) is 16.5. The van der Waals surface area contributed by atoms with E-state index in [0.717, 1.165) is 17.8 Å². The Balaban J connectivity index is 2.53. The van der Waals surface area contributed by atoms with E-state index in [1.165, 1.54) is 6.26 Å². The predicted molar refractivity (Wildman–Crippen MR) is 82.0 cm³/mol. The zero-order valence-electron chi connectivity index (χ0n) is 12.2. The average Bonchev–Trinajstić information content (AvgIpc) is 2.36. The Kier molecular flexibility index (Phi) is 6.01. The summed E-state index contributed by atoms with van der Waals surface area (Å²) in [6.07, 6.45) is 1.62. The highest BCUT2D eigenvalue weighted by atomic mass is 32.2. The van der Waals surface area contributed by atoms with Gasteiger partial charge in [0.05, 0.1) is 5.75 Å². The molecule has 1 aromatic rings. The van der Waals surface area contributed by atoms with Gasteiger partial charge in [0.15, 0.2) is 0 Å². The van der Waals surface area contributed by atoms with Crippen LogP contribution in [0.3, 0.4) is 0 Å². The monoisotopic (exact) mass is 298 g/mol. The van der Waals surface area contributed by atoms with Crippen LogP contribution < -0.4 is 10.6 Å². The molecular formula is C14H22N2O3S. The third-order valence-electron chi connectivity index (χ3n) is 2.83. The van der Waals surface area contributed by atoms with Crippen molar-refractivity contribution >= 4 is 21.4 Å². The van der Waals surface area contributed by atoms with Gasteiger partial charge < -0.3 is 10.6 Å². The number of nitrogens with one attached hydrogen (secondary N) is 2. The van der Waals surface area contributed by atoms with Gasteiger partial charge in [0.2, 0.25) is 0 Å². The smallest absolute Gasteiger partial charge is 0.251 e. The number of amides is 1. The van der Waals surface area contributed by atoms with Gasteiger partial charge in [-0.1, -0.05) is 0 Å². The molecule has 0 aromatic heterocycles. The molecule has 0 aliphatic heterocycles. The first-order chi connectivity index (χ1) is 9.33. The minimum Gasteiger partial charge on any atom is -0.385 e. The first-order valence-corrected chi connectivity index (χ1v) is 8.70. The van der Waals surface area contributed by atoms with Crippen LogP contribution in [0.15, 0.2) is 18.2 Å². The van der Waals surface area contributed by atoms with Gasteiger partial charge in [0.1, 0.15) is 9.84 Å². The fourth-order valence-corrected chi connectivity index (χ4v) is 2.50. The second-order valence-electron chi connectivity index (χ2n) is 4.80. The number of rotatable bonds is 7. The van der Waals surface area contributed by atoms with Crippen molar-refractivity contribution in [3.8, 4) is 0 Å². The van der Waals surface area contributed by atoms with E-state index in [9.17, 15) is 13.2 Å². The van der Waals surface area contributed by atoms with Crippen LogP contribution in [0.2, 0.25) is 0 Å². The summed E-state index contributed by atoms with van der Waals surface area (Å²) in [6.45, 7) is 5.15. The molecule has 0 fully saturated rings. The lowest BCUT2D eigenvalue weighted by Gasteiger charge is -2.10. The van der Waals surface area contributed by atoms with Crippen LogP contribution in [0.4, 0.5) is 5.69 Å². The second kappa shape index (κ2) is 7.28. The summed E-state index contributed by atoms with van der Waals surface area (Å²) in [4.78, 5) is 11.9. The molecule has 0 atom stereocenters. The number of hydrogen-bond donors (Lipinski definition) is 2. The summed E-state index contributed by atoms with van der Waals surface area (Å²) in [6, 6.07) is 5.46. The fourth-order valence-electron chi connectivity index (χ4n) is 1.83. The molecule has 0 aliphatic carbocycles. The van der Waals surface area contributed by atoms with Crippen molar-refractivity contribution in [2.24, 2.45) is 0 Å². The number of aryl methyl sites for hydroxylation is 1. The van der Waals surface area contributed by atoms with Crippen molar-refractivity contribution in [2.75, 3.05) is 30.4 Å². The molecule has 0 radical (unpaired) electrons. The zero-order valence-corrected chi connectivity index (χ0v) is 13.0. The topological polar surface area (TPSA) is 75.3 Å². The number of sulfone groups is 1. The molecule has 112 valence electrons. The maximum atomic E-state index is 11.9. The van der Waals surface area contributed by atoms with Gasteiger partial charge in [0.25, 0.3) is 5.91 Å². The Bertz CT molecular complexity index is 568. The maximum Gasteiger partial charge on any atom is 0.251 e. The van der Waals surface area contributed by atoms with Crippen molar-refractivity contribution in [1.82, 2.24) is 5.32 Å². The molecule has 0 spiro atoms. The Morgan fingerprint density at radius 1 is 1.30 bits per heavy atom. The molecule has 0 unspecified atom stereocenters. The van der Waals surface area contributed by atoms with Crippen molar-refractivity contribution < 1.29 is 13.2 Å². The molecule has 6 heteroatoms. The van der Waals surface area contributed by atoms with Crippen molar-refractivity contribution in [2.45, 2.75) is 20.3 Å². The minimum atomic E-state index is -2.96. The number of anilines is 1. The molecular weight excluding hydrogens is 276 g/mol. The van der Waals surface area contributed by atoms with Crippen LogP contribution in [0.5, 0.6) is 0 Å². The van der Waals surface area contributed by atoms with E-state index in [2.05, 4.69) is 10.6 Å². The standard InChI is InChI=1S/C14H22N2O3S/c1-4-15-13-7-6-12(10-11(13)2)14(17)16-8-5-9-20(3,18)19/h6-7,10,15H,4-5,8-9H2,1-3H3,(H,16,17). The lowest BCUT2D eigenvalue weighted by Crippen LogP contribution is -2.26. The zero-order chi connectivity index (χ0) is 15.2. The molecule has 0 bridgehead atoms. The van der Waals surface area contributed by atoms with Crippen molar-refractivity contribution in [3.05, 3.63) is 29.3 Å². The average molecular weight is 298 g/mol. The summed E-state index contributed by atoms with van der Waals surface area (Å²) >= 11 is 0. The van der Waals surface area contributed by atoms with Gasteiger partial charge in [-0.3, -0.25) is 4.79 Å². The van der Waals surface area contributed by atoms with Crippen LogP contribution in [-0.4, -0.2) is 39.4 Å². The van der Waals surface area contributed by atoms with Crippen LogP contribution in [-0.2, 0) is 9.84 Å². The Labute approximate surface area is 120 Å². The fraction of sp³-hybridized carbons (Fsp3) is 0.500. The SMILES string of the molecule is CCNc1ccc(C(=O)NCCCS(C)(=O)=O)cc1C. The molecule has 0 aliphatic rings. The number of carbonyl (C=O) groups excluding carboxylic acids is 1. The van der Waals surface area contributed by atoms with Crippen LogP contribution in [0.1, 0.15) is 29.3 Å². The van der Waals surface area contributed by atoms with Crippen molar-refractivity contribution in [1.29, 1.82) is 0 Å². The summed E-state index contributed by atoms with van der Waals surface area (Å²) < 4.78 is 21.9. The molecule has 0 heterocycles. The minimum absolute atomic E-state index is 0.0890. The number of carbonyl (C=O) groups is 1. The van der Waals surface area contributed by atoms with E-state index in [4.69, 9.17) is 0 Å².